The van der Waals surface area contributed by atoms with Crippen LogP contribution in [-0.2, 0) is 24.2 Å². The van der Waals surface area contributed by atoms with Crippen LogP contribution in [0.5, 0.6) is 0 Å². The van der Waals surface area contributed by atoms with Crippen molar-refractivity contribution >= 4 is 11.3 Å². The van der Waals surface area contributed by atoms with Gasteiger partial charge in [-0.2, -0.15) is 0 Å². The molecule has 2 aromatic rings. The minimum absolute atomic E-state index is 0.0979. The van der Waals surface area contributed by atoms with Crippen LogP contribution in [0.4, 0.5) is 0 Å². The highest BCUT2D eigenvalue weighted by Gasteiger charge is 2.36. The van der Waals surface area contributed by atoms with Crippen molar-refractivity contribution in [3.63, 3.8) is 0 Å². The van der Waals surface area contributed by atoms with Crippen LogP contribution < -0.4 is 5.73 Å². The van der Waals surface area contributed by atoms with Crippen LogP contribution in [0.3, 0.4) is 0 Å². The average molecular weight is 400 g/mol. The first-order valence-electron chi connectivity index (χ1n) is 10.6. The van der Waals surface area contributed by atoms with Crippen LogP contribution in [0.1, 0.15) is 63.6 Å². The molecule has 4 rings (SSSR count). The Balaban J connectivity index is 1.32. The summed E-state index contributed by atoms with van der Waals surface area (Å²) in [6.07, 6.45) is 6.40. The zero-order valence-corrected chi connectivity index (χ0v) is 18.0. The molecule has 0 unspecified atom stereocenters. The first-order chi connectivity index (χ1) is 13.5. The number of hydrogen-bond donors (Lipinski definition) is 2. The summed E-state index contributed by atoms with van der Waals surface area (Å²) in [6, 6.07) is 9.30. The van der Waals surface area contributed by atoms with Gasteiger partial charge in [0.1, 0.15) is 0 Å². The van der Waals surface area contributed by atoms with E-state index in [9.17, 15) is 5.11 Å². The predicted octanol–water partition coefficient (Wildman–Crippen LogP) is 4.64. The first kappa shape index (κ1) is 20.1. The van der Waals surface area contributed by atoms with Gasteiger partial charge < -0.3 is 15.6 Å². The third-order valence-electron chi connectivity index (χ3n) is 6.81. The Morgan fingerprint density at radius 2 is 2.07 bits per heavy atom. The van der Waals surface area contributed by atoms with Gasteiger partial charge in [-0.1, -0.05) is 18.2 Å². The van der Waals surface area contributed by atoms with Crippen molar-refractivity contribution in [2.75, 3.05) is 13.2 Å². The fraction of sp³-hybridized carbons (Fsp3) is 0.583. The normalized spacial score (nSPS) is 27.1. The Labute approximate surface area is 172 Å². The highest BCUT2D eigenvalue weighted by Crippen LogP contribution is 2.40. The number of aliphatic hydroxyl groups is 1. The topological polar surface area (TPSA) is 55.5 Å². The number of nitrogens with two attached hydrogens (primary N) is 1. The number of ether oxygens (including phenoxy) is 1. The monoisotopic (exact) mass is 399 g/mol. The van der Waals surface area contributed by atoms with Crippen LogP contribution in [0, 0.1) is 19.8 Å². The van der Waals surface area contributed by atoms with Crippen LogP contribution in [0.15, 0.2) is 24.3 Å². The number of aliphatic hydroxyl groups excluding tert-OH is 1. The van der Waals surface area contributed by atoms with Crippen molar-refractivity contribution in [3.8, 4) is 0 Å². The summed E-state index contributed by atoms with van der Waals surface area (Å²) in [5.41, 5.74) is 11.7. The van der Waals surface area contributed by atoms with Gasteiger partial charge in [-0.25, -0.2) is 0 Å². The maximum Gasteiger partial charge on any atom is 0.0809 e. The lowest BCUT2D eigenvalue weighted by Gasteiger charge is -2.26. The summed E-state index contributed by atoms with van der Waals surface area (Å²) in [4.78, 5) is 2.74. The number of fused-ring (bicyclic) bond motifs is 1. The average Bonchev–Trinajstić information content (AvgIpc) is 3.24. The Morgan fingerprint density at radius 3 is 2.79 bits per heavy atom. The van der Waals surface area contributed by atoms with Gasteiger partial charge in [0.15, 0.2) is 0 Å². The molecule has 0 saturated heterocycles. The van der Waals surface area contributed by atoms with Gasteiger partial charge in [0.05, 0.1) is 19.8 Å². The van der Waals surface area contributed by atoms with Crippen molar-refractivity contribution in [2.45, 2.75) is 70.4 Å². The zero-order valence-electron chi connectivity index (χ0n) is 17.2. The molecule has 1 aromatic heterocycles. The highest BCUT2D eigenvalue weighted by molar-refractivity contribution is 7.12. The largest absolute Gasteiger partial charge is 0.394 e. The molecule has 0 amide bonds. The molecule has 3 atom stereocenters. The van der Waals surface area contributed by atoms with Crippen molar-refractivity contribution in [1.82, 2.24) is 0 Å². The molecule has 3 nitrogen and oxygen atoms in total. The van der Waals surface area contributed by atoms with Gasteiger partial charge in [-0.3, -0.25) is 0 Å². The number of thiophene rings is 1. The number of rotatable bonds is 6. The summed E-state index contributed by atoms with van der Waals surface area (Å²) in [7, 11) is 0. The van der Waals surface area contributed by atoms with Crippen LogP contribution in [0.2, 0.25) is 0 Å². The van der Waals surface area contributed by atoms with Gasteiger partial charge in [-0.15, -0.1) is 11.3 Å². The van der Waals surface area contributed by atoms with Crippen molar-refractivity contribution in [3.05, 3.63) is 56.3 Å². The number of hydrogen-bond acceptors (Lipinski definition) is 4. The van der Waals surface area contributed by atoms with E-state index < -0.39 is 0 Å². The molecule has 4 heteroatoms. The lowest BCUT2D eigenvalue weighted by molar-refractivity contribution is 0.0840. The van der Waals surface area contributed by atoms with E-state index in [0.29, 0.717) is 11.8 Å². The molecule has 0 aliphatic heterocycles. The summed E-state index contributed by atoms with van der Waals surface area (Å²) in [5.74, 6) is 1.12. The molecular formula is C24H33NO2S. The second kappa shape index (κ2) is 8.27. The van der Waals surface area contributed by atoms with Crippen molar-refractivity contribution in [1.29, 1.82) is 0 Å². The predicted molar refractivity (Wildman–Crippen MR) is 116 cm³/mol. The first-order valence-corrected chi connectivity index (χ1v) is 11.4. The summed E-state index contributed by atoms with van der Waals surface area (Å²) >= 11 is 1.85. The van der Waals surface area contributed by atoms with Gasteiger partial charge >= 0.3 is 0 Å². The fourth-order valence-corrected chi connectivity index (χ4v) is 5.87. The van der Waals surface area contributed by atoms with E-state index >= 15 is 0 Å². The Bertz CT molecular complexity index is 811. The van der Waals surface area contributed by atoms with Gasteiger partial charge in [0.2, 0.25) is 0 Å². The Kier molecular flexibility index (Phi) is 5.93. The second-order valence-electron chi connectivity index (χ2n) is 9.06. The molecule has 0 radical (unpaired) electrons. The standard InChI is InChI=1S/C24H33NO2S/c1-16-9-23(28-17(16)2)14-27-13-18-3-4-20-11-21(6-5-19(20)10-18)22-7-8-24(25,12-22)15-26/h5-6,9,11,18,22,26H,3-4,7-8,10,12-15,25H2,1-2H3/t18-,22+,24-/m1/s1. The van der Waals surface area contributed by atoms with E-state index in [1.54, 1.807) is 0 Å². The lowest BCUT2D eigenvalue weighted by atomic mass is 9.82. The van der Waals surface area contributed by atoms with E-state index in [1.165, 1.54) is 38.4 Å². The van der Waals surface area contributed by atoms with E-state index in [-0.39, 0.29) is 12.1 Å². The fourth-order valence-electron chi connectivity index (χ4n) is 4.88. The molecule has 0 spiro atoms. The molecular weight excluding hydrogens is 366 g/mol. The molecule has 1 aromatic carbocycles. The van der Waals surface area contributed by atoms with E-state index in [4.69, 9.17) is 10.5 Å². The third kappa shape index (κ3) is 4.35. The smallest absolute Gasteiger partial charge is 0.0809 e. The Morgan fingerprint density at radius 1 is 1.21 bits per heavy atom. The minimum atomic E-state index is -0.372. The van der Waals surface area contributed by atoms with Gasteiger partial charge in [0.25, 0.3) is 0 Å². The quantitative estimate of drug-likeness (QED) is 0.744. The van der Waals surface area contributed by atoms with E-state index in [1.807, 2.05) is 11.3 Å². The SMILES string of the molecule is Cc1cc(COC[C@@H]2CCc3cc([C@H]4CC[C@](N)(CO)C4)ccc3C2)sc1C. The molecule has 2 aliphatic carbocycles. The van der Waals surface area contributed by atoms with Crippen molar-refractivity contribution in [2.24, 2.45) is 11.7 Å². The molecule has 28 heavy (non-hydrogen) atoms. The highest BCUT2D eigenvalue weighted by atomic mass is 32.1. The molecule has 1 fully saturated rings. The van der Waals surface area contributed by atoms with Crippen molar-refractivity contribution < 1.29 is 9.84 Å². The molecule has 1 heterocycles. The van der Waals surface area contributed by atoms with Crippen LogP contribution in [0.25, 0.3) is 0 Å². The van der Waals surface area contributed by atoms with Crippen LogP contribution in [-0.4, -0.2) is 23.9 Å². The lowest BCUT2D eigenvalue weighted by Crippen LogP contribution is -2.40. The van der Waals surface area contributed by atoms with Gasteiger partial charge in [-0.05, 0) is 92.5 Å². The maximum absolute atomic E-state index is 9.53. The molecule has 1 saturated carbocycles. The molecule has 2 aliphatic rings. The third-order valence-corrected chi connectivity index (χ3v) is 7.93. The van der Waals surface area contributed by atoms with E-state index in [2.05, 4.69) is 38.1 Å². The zero-order chi connectivity index (χ0) is 19.7. The van der Waals surface area contributed by atoms with E-state index in [0.717, 1.165) is 45.3 Å². The minimum Gasteiger partial charge on any atom is -0.394 e. The summed E-state index contributed by atoms with van der Waals surface area (Å²) in [6.45, 7) is 6.05. The molecule has 3 N–H and O–H groups in total. The number of aryl methyl sites for hydroxylation is 3. The Hall–Kier alpha value is -1.20. The molecule has 0 bridgehead atoms. The summed E-state index contributed by atoms with van der Waals surface area (Å²) in [5, 5.41) is 9.53. The molecule has 152 valence electrons. The maximum atomic E-state index is 9.53. The number of benzene rings is 1. The second-order valence-corrected chi connectivity index (χ2v) is 10.4. The van der Waals surface area contributed by atoms with Crippen LogP contribution >= 0.6 is 11.3 Å². The van der Waals surface area contributed by atoms with Gasteiger partial charge in [0, 0.05) is 15.3 Å². The summed E-state index contributed by atoms with van der Waals surface area (Å²) < 4.78 is 6.06.